The van der Waals surface area contributed by atoms with Gasteiger partial charge in [-0.1, -0.05) is 58.4 Å². The molecule has 3 rings (SSSR count). The molecule has 1 aliphatic heterocycles. The maximum Gasteiger partial charge on any atom is 0.305 e. The molecule has 0 spiro atoms. The summed E-state index contributed by atoms with van der Waals surface area (Å²) in [6.45, 7) is 3.13. The van der Waals surface area contributed by atoms with Gasteiger partial charge in [-0.2, -0.15) is 5.06 Å². The number of esters is 1. The highest BCUT2D eigenvalue weighted by molar-refractivity contribution is 9.10. The highest BCUT2D eigenvalue weighted by Crippen LogP contribution is 2.43. The molecule has 26 heavy (non-hydrogen) atoms. The molecule has 0 aromatic heterocycles. The van der Waals surface area contributed by atoms with E-state index in [-0.39, 0.29) is 18.2 Å². The van der Waals surface area contributed by atoms with Crippen molar-refractivity contribution in [3.8, 4) is 0 Å². The number of benzene rings is 2. The van der Waals surface area contributed by atoms with E-state index in [2.05, 4.69) is 15.9 Å². The van der Waals surface area contributed by atoms with Gasteiger partial charge in [0.05, 0.1) is 6.04 Å². The Bertz CT molecular complexity index is 793. The Kier molecular flexibility index (Phi) is 5.55. The number of hydrogen-bond acceptors (Lipinski definition) is 5. The molecule has 0 unspecified atom stereocenters. The van der Waals surface area contributed by atoms with E-state index >= 15 is 0 Å². The van der Waals surface area contributed by atoms with Gasteiger partial charge in [0, 0.05) is 31.3 Å². The molecule has 0 amide bonds. The van der Waals surface area contributed by atoms with Gasteiger partial charge in [0.25, 0.3) is 5.79 Å². The van der Waals surface area contributed by atoms with Gasteiger partial charge in [-0.05, 0) is 23.3 Å². The zero-order valence-corrected chi connectivity index (χ0v) is 16.2. The lowest BCUT2D eigenvalue weighted by Crippen LogP contribution is -2.42. The van der Waals surface area contributed by atoms with Crippen LogP contribution in [0, 0.1) is 0 Å². The zero-order valence-electron chi connectivity index (χ0n) is 14.6. The summed E-state index contributed by atoms with van der Waals surface area (Å²) >= 11 is 3.43. The second-order valence-electron chi connectivity index (χ2n) is 6.33. The van der Waals surface area contributed by atoms with Crippen molar-refractivity contribution in [3.05, 3.63) is 70.2 Å². The van der Waals surface area contributed by atoms with Crippen LogP contribution in [0.15, 0.2) is 59.1 Å². The van der Waals surface area contributed by atoms with Crippen LogP contribution in [0.3, 0.4) is 0 Å². The van der Waals surface area contributed by atoms with E-state index in [1.165, 1.54) is 13.8 Å². The lowest BCUT2D eigenvalue weighted by Gasteiger charge is -2.26. The Balaban J connectivity index is 1.95. The van der Waals surface area contributed by atoms with E-state index in [1.807, 2.05) is 54.6 Å². The summed E-state index contributed by atoms with van der Waals surface area (Å²) in [5.74, 6) is -2.46. The van der Waals surface area contributed by atoms with Crippen LogP contribution in [0.5, 0.6) is 0 Å². The zero-order chi connectivity index (χ0) is 18.7. The van der Waals surface area contributed by atoms with E-state index in [0.29, 0.717) is 6.54 Å². The Labute approximate surface area is 161 Å². The van der Waals surface area contributed by atoms with Crippen LogP contribution in [-0.4, -0.2) is 22.6 Å². The van der Waals surface area contributed by atoms with E-state index in [1.54, 1.807) is 5.06 Å². The Morgan fingerprint density at radius 2 is 1.81 bits per heavy atom. The summed E-state index contributed by atoms with van der Waals surface area (Å²) < 4.78 is 6.31. The number of halogens is 1. The molecule has 2 aromatic carbocycles. The molecule has 1 aliphatic rings. The molecule has 1 fully saturated rings. The maximum absolute atomic E-state index is 12.3. The van der Waals surface area contributed by atoms with Gasteiger partial charge in [0.1, 0.15) is 0 Å². The number of nitrogens with zero attached hydrogens (tertiary/aromatic N) is 1. The molecule has 136 valence electrons. The Morgan fingerprint density at radius 1 is 1.15 bits per heavy atom. The third kappa shape index (κ3) is 4.03. The first-order valence-corrected chi connectivity index (χ1v) is 9.15. The summed E-state index contributed by atoms with van der Waals surface area (Å²) in [4.78, 5) is 29.8. The minimum absolute atomic E-state index is 0.216. The minimum atomic E-state index is -1.58. The quantitative estimate of drug-likeness (QED) is 0.683. The maximum atomic E-state index is 12.3. The standard InChI is InChI=1S/C20H20BrNO4/c1-14(23)20(25-15(2)24)12-19(17-8-10-18(21)11-9-17)22(26-20)13-16-6-4-3-5-7-16/h3-11,19H,12-13H2,1-2H3/t19-,20-/m1/s1. The molecule has 2 aromatic rings. The lowest BCUT2D eigenvalue weighted by molar-refractivity contribution is -0.283. The van der Waals surface area contributed by atoms with Gasteiger partial charge >= 0.3 is 5.97 Å². The molecule has 0 saturated carbocycles. The predicted molar refractivity (Wildman–Crippen MR) is 99.7 cm³/mol. The van der Waals surface area contributed by atoms with Crippen LogP contribution >= 0.6 is 15.9 Å². The van der Waals surface area contributed by atoms with Gasteiger partial charge < -0.3 is 4.74 Å². The monoisotopic (exact) mass is 417 g/mol. The van der Waals surface area contributed by atoms with Gasteiger partial charge in [-0.3, -0.25) is 9.59 Å². The fraction of sp³-hybridized carbons (Fsp3) is 0.300. The normalized spacial score (nSPS) is 23.0. The van der Waals surface area contributed by atoms with Gasteiger partial charge in [-0.15, -0.1) is 0 Å². The van der Waals surface area contributed by atoms with Crippen molar-refractivity contribution in [2.45, 2.75) is 38.6 Å². The highest BCUT2D eigenvalue weighted by Gasteiger charge is 2.52. The third-order valence-corrected chi connectivity index (χ3v) is 4.88. The number of carbonyl (C=O) groups is 2. The molecule has 0 radical (unpaired) electrons. The third-order valence-electron chi connectivity index (χ3n) is 4.36. The summed E-state index contributed by atoms with van der Waals surface area (Å²) in [7, 11) is 0. The Hall–Kier alpha value is -2.02. The van der Waals surface area contributed by atoms with Crippen LogP contribution in [0.2, 0.25) is 0 Å². The van der Waals surface area contributed by atoms with E-state index < -0.39 is 11.8 Å². The van der Waals surface area contributed by atoms with Gasteiger partial charge in [0.15, 0.2) is 0 Å². The molecule has 1 heterocycles. The Morgan fingerprint density at radius 3 is 2.38 bits per heavy atom. The number of hydrogen-bond donors (Lipinski definition) is 0. The topological polar surface area (TPSA) is 55.8 Å². The van der Waals surface area contributed by atoms with Crippen molar-refractivity contribution in [2.24, 2.45) is 0 Å². The van der Waals surface area contributed by atoms with Crippen molar-refractivity contribution in [2.75, 3.05) is 0 Å². The van der Waals surface area contributed by atoms with E-state index in [0.717, 1.165) is 15.6 Å². The van der Waals surface area contributed by atoms with Crippen LogP contribution in [0.1, 0.15) is 37.4 Å². The largest absolute Gasteiger partial charge is 0.424 e. The minimum Gasteiger partial charge on any atom is -0.424 e. The van der Waals surface area contributed by atoms with Crippen LogP contribution < -0.4 is 0 Å². The number of carbonyl (C=O) groups excluding carboxylic acids is 2. The fourth-order valence-electron chi connectivity index (χ4n) is 3.09. The second-order valence-corrected chi connectivity index (χ2v) is 7.24. The summed E-state index contributed by atoms with van der Waals surface area (Å²) in [5.41, 5.74) is 2.02. The first kappa shape index (κ1) is 18.8. The number of Topliss-reactive ketones (excluding diaryl/α,β-unsaturated/α-hetero) is 1. The summed E-state index contributed by atoms with van der Waals surface area (Å²) in [6.07, 6.45) is 0.246. The first-order chi connectivity index (χ1) is 12.4. The van der Waals surface area contributed by atoms with E-state index in [9.17, 15) is 9.59 Å². The summed E-state index contributed by atoms with van der Waals surface area (Å²) in [6, 6.07) is 17.4. The molecular formula is C20H20BrNO4. The molecule has 5 nitrogen and oxygen atoms in total. The smallest absolute Gasteiger partial charge is 0.305 e. The van der Waals surface area contributed by atoms with Crippen LogP contribution in [-0.2, 0) is 25.7 Å². The average Bonchev–Trinajstić information content (AvgIpc) is 2.95. The number of rotatable bonds is 5. The molecule has 0 bridgehead atoms. The average molecular weight is 418 g/mol. The molecule has 6 heteroatoms. The van der Waals surface area contributed by atoms with Crippen molar-refractivity contribution in [1.82, 2.24) is 5.06 Å². The number of hydroxylamine groups is 2. The summed E-state index contributed by atoms with van der Waals surface area (Å²) in [5, 5.41) is 1.73. The lowest BCUT2D eigenvalue weighted by atomic mass is 9.97. The highest BCUT2D eigenvalue weighted by atomic mass is 79.9. The molecule has 0 N–H and O–H groups in total. The predicted octanol–water partition coefficient (Wildman–Crippen LogP) is 4.18. The fourth-order valence-corrected chi connectivity index (χ4v) is 3.36. The molecule has 1 saturated heterocycles. The number of ketones is 1. The first-order valence-electron chi connectivity index (χ1n) is 8.35. The molecule has 2 atom stereocenters. The van der Waals surface area contributed by atoms with Crippen molar-refractivity contribution >= 4 is 27.7 Å². The second kappa shape index (κ2) is 7.70. The van der Waals surface area contributed by atoms with Crippen molar-refractivity contribution in [1.29, 1.82) is 0 Å². The molecule has 0 aliphatic carbocycles. The number of ether oxygens (including phenoxy) is 1. The van der Waals surface area contributed by atoms with Gasteiger partial charge in [-0.25, -0.2) is 4.84 Å². The van der Waals surface area contributed by atoms with Gasteiger partial charge in [0.2, 0.25) is 5.78 Å². The van der Waals surface area contributed by atoms with Crippen molar-refractivity contribution < 1.29 is 19.2 Å². The SMILES string of the molecule is CC(=O)O[C@]1(C(C)=O)C[C@H](c2ccc(Br)cc2)N(Cc2ccccc2)O1. The molecular weight excluding hydrogens is 398 g/mol. The van der Waals surface area contributed by atoms with E-state index in [4.69, 9.17) is 9.57 Å². The van der Waals surface area contributed by atoms with Crippen LogP contribution in [0.25, 0.3) is 0 Å². The van der Waals surface area contributed by atoms with Crippen molar-refractivity contribution in [3.63, 3.8) is 0 Å². The van der Waals surface area contributed by atoms with Crippen LogP contribution in [0.4, 0.5) is 0 Å².